The Labute approximate surface area is 185 Å². The summed E-state index contributed by atoms with van der Waals surface area (Å²) < 4.78 is 43.2. The first kappa shape index (κ1) is 22.1. The summed E-state index contributed by atoms with van der Waals surface area (Å²) in [5, 5.41) is 2.83. The summed E-state index contributed by atoms with van der Waals surface area (Å²) in [5.74, 6) is 0.0839. The van der Waals surface area contributed by atoms with Crippen LogP contribution in [-0.2, 0) is 23.2 Å². The molecule has 0 aliphatic carbocycles. The van der Waals surface area contributed by atoms with Gasteiger partial charge in [0.05, 0.1) is 39.8 Å². The number of halogens is 1. The number of carbonyl (C=O) groups excluding carboxylic acids is 1. The van der Waals surface area contributed by atoms with Crippen molar-refractivity contribution in [3.63, 3.8) is 0 Å². The molecule has 5 rings (SSSR count). The second kappa shape index (κ2) is 8.81. The minimum absolute atomic E-state index is 0.248. The second-order valence-electron chi connectivity index (χ2n) is 7.87. The van der Waals surface area contributed by atoms with Crippen molar-refractivity contribution in [3.05, 3.63) is 65.5 Å². The number of hydrogen-bond acceptors (Lipinski definition) is 5. The zero-order valence-electron chi connectivity index (χ0n) is 17.5. The van der Waals surface area contributed by atoms with Crippen LogP contribution < -0.4 is 10.2 Å². The Balaban J connectivity index is 0.000000444. The maximum absolute atomic E-state index is 14.0. The Morgan fingerprint density at radius 2 is 1.84 bits per heavy atom. The van der Waals surface area contributed by atoms with Gasteiger partial charge in [0.25, 0.3) is 5.91 Å². The van der Waals surface area contributed by atoms with Crippen molar-refractivity contribution >= 4 is 27.1 Å². The standard InChI is InChI=1S/C21H19FN4O.CH4O3S/c22-16-11-17-19-18(12-16)24-20(26(19)10-7-23-21(17)27)15-5-3-14(4-6-15)13-25-8-1-2-9-25;1-5(2,3)4/h1-6,11-12H,7-10,13H2,(H,23,27);1H3,(H,2,3,4). The quantitative estimate of drug-likeness (QED) is 0.444. The number of quaternary nitrogens is 1. The van der Waals surface area contributed by atoms with Gasteiger partial charge in [-0.25, -0.2) is 17.8 Å². The summed E-state index contributed by atoms with van der Waals surface area (Å²) in [6.45, 7) is 4.26. The molecular formula is C22H23FN4O4S. The molecule has 0 atom stereocenters. The first-order valence-corrected chi connectivity index (χ1v) is 12.0. The van der Waals surface area contributed by atoms with E-state index in [1.807, 2.05) is 4.57 Å². The van der Waals surface area contributed by atoms with Crippen LogP contribution in [0.3, 0.4) is 0 Å². The van der Waals surface area contributed by atoms with Crippen LogP contribution >= 0.6 is 0 Å². The zero-order valence-corrected chi connectivity index (χ0v) is 18.3. The van der Waals surface area contributed by atoms with Crippen LogP contribution in [0.5, 0.6) is 0 Å². The molecule has 0 radical (unpaired) electrons. The Hall–Kier alpha value is -3.08. The van der Waals surface area contributed by atoms with Crippen LogP contribution in [0.4, 0.5) is 4.39 Å². The predicted octanol–water partition coefficient (Wildman–Crippen LogP) is 0.702. The summed E-state index contributed by atoms with van der Waals surface area (Å²) in [6.07, 6.45) is 5.05. The molecule has 1 aromatic heterocycles. The van der Waals surface area contributed by atoms with E-state index in [9.17, 15) is 9.18 Å². The lowest BCUT2D eigenvalue weighted by Gasteiger charge is -2.12. The molecule has 32 heavy (non-hydrogen) atoms. The smallest absolute Gasteiger partial charge is 0.253 e. The molecule has 0 bridgehead atoms. The fourth-order valence-corrected chi connectivity index (χ4v) is 4.01. The molecule has 0 saturated heterocycles. The molecule has 1 amide bonds. The van der Waals surface area contributed by atoms with Crippen molar-refractivity contribution in [3.8, 4) is 11.4 Å². The summed E-state index contributed by atoms with van der Waals surface area (Å²) in [4.78, 5) is 18.5. The average molecular weight is 459 g/mol. The van der Waals surface area contributed by atoms with Gasteiger partial charge in [-0.2, -0.15) is 0 Å². The van der Waals surface area contributed by atoms with E-state index in [-0.39, 0.29) is 5.91 Å². The third-order valence-electron chi connectivity index (χ3n) is 5.32. The molecule has 2 aliphatic rings. The SMILES string of the molecule is CS(=O)(=O)[O-].O=C1NCCn2c(-c3ccc(C[NH+]4CC=CC4)cc3)nc3cc(F)cc1c32. The Bertz CT molecular complexity index is 1280. The maximum atomic E-state index is 14.0. The first-order valence-electron chi connectivity index (χ1n) is 10.2. The minimum atomic E-state index is -3.92. The fourth-order valence-electron chi connectivity index (χ4n) is 4.01. The highest BCUT2D eigenvalue weighted by Gasteiger charge is 2.23. The topological polar surface area (TPSA) is 109 Å². The third-order valence-corrected chi connectivity index (χ3v) is 5.32. The highest BCUT2D eigenvalue weighted by atomic mass is 32.2. The van der Waals surface area contributed by atoms with E-state index < -0.39 is 15.9 Å². The molecule has 3 heterocycles. The number of aromatic nitrogens is 2. The lowest BCUT2D eigenvalue weighted by molar-refractivity contribution is -0.897. The third kappa shape index (κ3) is 5.04. The van der Waals surface area contributed by atoms with E-state index >= 15 is 0 Å². The summed E-state index contributed by atoms with van der Waals surface area (Å²) in [6, 6.07) is 11.1. The first-order chi connectivity index (χ1) is 15.2. The van der Waals surface area contributed by atoms with Gasteiger partial charge in [-0.05, 0) is 18.2 Å². The van der Waals surface area contributed by atoms with E-state index in [0.29, 0.717) is 35.9 Å². The maximum Gasteiger partial charge on any atom is 0.253 e. The van der Waals surface area contributed by atoms with Gasteiger partial charge < -0.3 is 19.3 Å². The van der Waals surface area contributed by atoms with Crippen molar-refractivity contribution in [2.75, 3.05) is 25.9 Å². The fraction of sp³-hybridized carbons (Fsp3) is 0.273. The molecule has 0 unspecified atom stereocenters. The van der Waals surface area contributed by atoms with E-state index in [0.717, 1.165) is 31.0 Å². The molecule has 2 N–H and O–H groups in total. The van der Waals surface area contributed by atoms with Crippen LogP contribution in [-0.4, -0.2) is 54.3 Å². The van der Waals surface area contributed by atoms with Crippen LogP contribution in [0.15, 0.2) is 48.6 Å². The highest BCUT2D eigenvalue weighted by Crippen LogP contribution is 2.29. The van der Waals surface area contributed by atoms with Crippen molar-refractivity contribution in [1.82, 2.24) is 14.9 Å². The minimum Gasteiger partial charge on any atom is -0.748 e. The number of carbonyl (C=O) groups is 1. The van der Waals surface area contributed by atoms with E-state index in [1.165, 1.54) is 22.6 Å². The molecule has 168 valence electrons. The number of imidazole rings is 1. The number of benzene rings is 2. The molecule has 8 nitrogen and oxygen atoms in total. The van der Waals surface area contributed by atoms with Gasteiger partial charge in [0, 0.05) is 36.5 Å². The number of hydrogen-bond donors (Lipinski definition) is 2. The highest BCUT2D eigenvalue weighted by molar-refractivity contribution is 7.84. The summed E-state index contributed by atoms with van der Waals surface area (Å²) in [5.41, 5.74) is 3.84. The van der Waals surface area contributed by atoms with E-state index in [1.54, 1.807) is 0 Å². The zero-order chi connectivity index (χ0) is 22.9. The van der Waals surface area contributed by atoms with Gasteiger partial charge in [0.1, 0.15) is 18.2 Å². The monoisotopic (exact) mass is 458 g/mol. The van der Waals surface area contributed by atoms with Gasteiger partial charge in [-0.15, -0.1) is 0 Å². The van der Waals surface area contributed by atoms with Gasteiger partial charge in [-0.1, -0.05) is 24.3 Å². The van der Waals surface area contributed by atoms with Crippen molar-refractivity contribution in [2.45, 2.75) is 13.1 Å². The molecule has 10 heteroatoms. The molecule has 2 aromatic carbocycles. The van der Waals surface area contributed by atoms with Gasteiger partial charge in [0.15, 0.2) is 0 Å². The largest absolute Gasteiger partial charge is 0.748 e. The van der Waals surface area contributed by atoms with E-state index in [2.05, 4.69) is 46.7 Å². The average Bonchev–Trinajstić information content (AvgIpc) is 3.30. The molecular weight excluding hydrogens is 435 g/mol. The lowest BCUT2D eigenvalue weighted by atomic mass is 10.1. The van der Waals surface area contributed by atoms with Gasteiger partial charge in [-0.3, -0.25) is 4.79 Å². The van der Waals surface area contributed by atoms with Crippen molar-refractivity contribution < 1.29 is 27.1 Å². The molecule has 2 aliphatic heterocycles. The molecule has 0 fully saturated rings. The van der Waals surface area contributed by atoms with Crippen molar-refractivity contribution in [2.24, 2.45) is 0 Å². The molecule has 0 spiro atoms. The number of nitrogens with one attached hydrogen (secondary N) is 2. The van der Waals surface area contributed by atoms with Gasteiger partial charge >= 0.3 is 0 Å². The van der Waals surface area contributed by atoms with E-state index in [4.69, 9.17) is 13.0 Å². The van der Waals surface area contributed by atoms with Gasteiger partial charge in [0.2, 0.25) is 0 Å². The molecule has 3 aromatic rings. The number of rotatable bonds is 3. The predicted molar refractivity (Wildman–Crippen MR) is 117 cm³/mol. The van der Waals surface area contributed by atoms with Crippen LogP contribution in [0.1, 0.15) is 15.9 Å². The van der Waals surface area contributed by atoms with Crippen LogP contribution in [0.25, 0.3) is 22.4 Å². The Kier molecular flexibility index (Phi) is 6.09. The van der Waals surface area contributed by atoms with Crippen LogP contribution in [0.2, 0.25) is 0 Å². The second-order valence-corrected chi connectivity index (χ2v) is 9.28. The van der Waals surface area contributed by atoms with Crippen LogP contribution in [0, 0.1) is 5.82 Å². The summed E-state index contributed by atoms with van der Waals surface area (Å²) in [7, 11) is -3.92. The number of nitrogens with zero attached hydrogens (tertiary/aromatic N) is 2. The summed E-state index contributed by atoms with van der Waals surface area (Å²) >= 11 is 0. The number of amides is 1. The Morgan fingerprint density at radius 1 is 1.19 bits per heavy atom. The Morgan fingerprint density at radius 3 is 2.50 bits per heavy atom. The van der Waals surface area contributed by atoms with Crippen molar-refractivity contribution in [1.29, 1.82) is 0 Å². The lowest BCUT2D eigenvalue weighted by Crippen LogP contribution is -3.08. The normalized spacial score (nSPS) is 15.9. The molecule has 0 saturated carbocycles.